The summed E-state index contributed by atoms with van der Waals surface area (Å²) in [6, 6.07) is -5.49. The fraction of sp³-hybridized carbons (Fsp3) is 0.730. The van der Waals surface area contributed by atoms with Crippen molar-refractivity contribution in [2.75, 3.05) is 0 Å². The van der Waals surface area contributed by atoms with E-state index in [4.69, 9.17) is 10.8 Å². The maximum absolute atomic E-state index is 12.6. The van der Waals surface area contributed by atoms with E-state index in [-0.39, 0.29) is 38.5 Å². The number of hydrogen-bond donors (Lipinski definition) is 10. The van der Waals surface area contributed by atoms with Gasteiger partial charge in [0.15, 0.2) is 0 Å². The molecule has 5 amide bonds. The average Bonchev–Trinajstić information content (AvgIpc) is 3.11. The van der Waals surface area contributed by atoms with E-state index >= 15 is 0 Å². The van der Waals surface area contributed by atoms with Gasteiger partial charge in [-0.25, -0.2) is 14.4 Å². The van der Waals surface area contributed by atoms with Gasteiger partial charge in [-0.05, 0) is 38.5 Å². The lowest BCUT2D eigenvalue weighted by Gasteiger charge is -2.19. The molecular weight excluding hydrogens is 754 g/mol. The lowest BCUT2D eigenvalue weighted by molar-refractivity contribution is -0.143. The van der Waals surface area contributed by atoms with Gasteiger partial charge < -0.3 is 52.5 Å². The second-order valence-corrected chi connectivity index (χ2v) is 14.0. The Kier molecular flexibility index (Phi) is 28.0. The summed E-state index contributed by atoms with van der Waals surface area (Å²) in [5, 5.41) is 55.4. The predicted molar refractivity (Wildman–Crippen MR) is 201 cm³/mol. The molecule has 0 aromatic heterocycles. The van der Waals surface area contributed by atoms with Gasteiger partial charge in [0.2, 0.25) is 29.5 Å². The fourth-order valence-electron chi connectivity index (χ4n) is 5.78. The van der Waals surface area contributed by atoms with Crippen LogP contribution in [0.2, 0.25) is 0 Å². The number of rotatable bonds is 36. The summed E-state index contributed by atoms with van der Waals surface area (Å²) in [6.45, 7) is 0. The molecule has 0 heterocycles. The van der Waals surface area contributed by atoms with Gasteiger partial charge in [0.05, 0.1) is 6.42 Å². The van der Waals surface area contributed by atoms with Crippen LogP contribution in [-0.4, -0.2) is 109 Å². The molecule has 4 atom stereocenters. The van der Waals surface area contributed by atoms with E-state index in [1.807, 2.05) is 0 Å². The van der Waals surface area contributed by atoms with Gasteiger partial charge in [0, 0.05) is 44.6 Å². The van der Waals surface area contributed by atoms with Gasteiger partial charge in [0.1, 0.15) is 18.1 Å². The van der Waals surface area contributed by atoms with Crippen molar-refractivity contribution in [2.45, 2.75) is 172 Å². The molecule has 20 heteroatoms. The highest BCUT2D eigenvalue weighted by Crippen LogP contribution is 2.14. The second kappa shape index (κ2) is 30.9. The van der Waals surface area contributed by atoms with Crippen molar-refractivity contribution in [1.29, 1.82) is 0 Å². The summed E-state index contributed by atoms with van der Waals surface area (Å²) < 4.78 is 0. The summed E-state index contributed by atoms with van der Waals surface area (Å²) >= 11 is 0. The molecule has 0 bridgehead atoms. The number of carboxylic acid groups (broad SMARTS) is 5. The Morgan fingerprint density at radius 2 is 0.684 bits per heavy atom. The van der Waals surface area contributed by atoms with E-state index in [0.29, 0.717) is 12.8 Å². The van der Waals surface area contributed by atoms with E-state index in [9.17, 15) is 68.4 Å². The Morgan fingerprint density at radius 1 is 0.368 bits per heavy atom. The SMILES string of the molecule is NC(=O)CC[C@H](NC(=O)CC[C@@H](CC(=O)O)NC(=O)CC[C@H](NC(=O)CC[C@H](NC(=O)CCCCCCCCCCCCCCC(=O)O)C(=O)O)C(=O)O)C(=O)O. The molecule has 0 fully saturated rings. The molecule has 0 aromatic rings. The molecule has 0 aliphatic heterocycles. The van der Waals surface area contributed by atoms with Crippen molar-refractivity contribution >= 4 is 59.4 Å². The third-order valence-corrected chi connectivity index (χ3v) is 8.95. The first-order valence-electron chi connectivity index (χ1n) is 19.5. The number of aliphatic carboxylic acids is 5. The minimum Gasteiger partial charge on any atom is -0.481 e. The van der Waals surface area contributed by atoms with Crippen LogP contribution in [0.25, 0.3) is 0 Å². The molecule has 20 nitrogen and oxygen atoms in total. The third kappa shape index (κ3) is 29.6. The number of carbonyl (C=O) groups is 10. The first-order valence-corrected chi connectivity index (χ1v) is 19.5. The quantitative estimate of drug-likeness (QED) is 0.0403. The third-order valence-electron chi connectivity index (χ3n) is 8.95. The van der Waals surface area contributed by atoms with Crippen LogP contribution in [0.1, 0.15) is 148 Å². The molecule has 57 heavy (non-hydrogen) atoms. The molecule has 0 aliphatic rings. The molecule has 0 spiro atoms. The number of primary amides is 1. The molecule has 0 aliphatic carbocycles. The van der Waals surface area contributed by atoms with Crippen LogP contribution in [0, 0.1) is 0 Å². The average molecular weight is 816 g/mol. The van der Waals surface area contributed by atoms with E-state index in [0.717, 1.165) is 64.2 Å². The van der Waals surface area contributed by atoms with Crippen LogP contribution in [0.3, 0.4) is 0 Å². The fourth-order valence-corrected chi connectivity index (χ4v) is 5.78. The van der Waals surface area contributed by atoms with E-state index < -0.39 is 116 Å². The molecule has 11 N–H and O–H groups in total. The molecule has 0 rings (SSSR count). The molecule has 0 radical (unpaired) electrons. The summed E-state index contributed by atoms with van der Waals surface area (Å²) in [7, 11) is 0. The monoisotopic (exact) mass is 815 g/mol. The van der Waals surface area contributed by atoms with Crippen LogP contribution in [0.4, 0.5) is 0 Å². The zero-order valence-electron chi connectivity index (χ0n) is 32.5. The van der Waals surface area contributed by atoms with Gasteiger partial charge in [-0.15, -0.1) is 0 Å². The van der Waals surface area contributed by atoms with E-state index in [1.165, 1.54) is 0 Å². The Hall–Kier alpha value is -5.30. The highest BCUT2D eigenvalue weighted by Gasteiger charge is 2.26. The normalized spacial score (nSPS) is 12.9. The zero-order chi connectivity index (χ0) is 43.2. The number of hydrogen-bond acceptors (Lipinski definition) is 10. The number of nitrogens with two attached hydrogens (primary N) is 1. The van der Waals surface area contributed by atoms with E-state index in [2.05, 4.69) is 21.3 Å². The van der Waals surface area contributed by atoms with Crippen molar-refractivity contribution < 1.29 is 73.5 Å². The number of carboxylic acids is 5. The molecule has 0 aromatic carbocycles. The second-order valence-electron chi connectivity index (χ2n) is 14.0. The largest absolute Gasteiger partial charge is 0.481 e. The Balaban J connectivity index is 4.61. The Bertz CT molecular complexity index is 1340. The number of carbonyl (C=O) groups excluding carboxylic acids is 5. The van der Waals surface area contributed by atoms with Crippen molar-refractivity contribution in [3.63, 3.8) is 0 Å². The highest BCUT2D eigenvalue weighted by molar-refractivity contribution is 5.87. The first kappa shape index (κ1) is 51.7. The zero-order valence-corrected chi connectivity index (χ0v) is 32.5. The minimum atomic E-state index is -1.57. The van der Waals surface area contributed by atoms with Crippen LogP contribution >= 0.6 is 0 Å². The summed E-state index contributed by atoms with van der Waals surface area (Å²) in [5.41, 5.74) is 5.01. The molecule has 0 unspecified atom stereocenters. The Morgan fingerprint density at radius 3 is 1.04 bits per heavy atom. The maximum atomic E-state index is 12.6. The molecule has 0 saturated carbocycles. The van der Waals surface area contributed by atoms with Crippen LogP contribution in [0.5, 0.6) is 0 Å². The lowest BCUT2D eigenvalue weighted by atomic mass is 10.0. The number of unbranched alkanes of at least 4 members (excludes halogenated alkanes) is 11. The van der Waals surface area contributed by atoms with Gasteiger partial charge in [-0.3, -0.25) is 33.6 Å². The molecular formula is C37H61N5O15. The van der Waals surface area contributed by atoms with Gasteiger partial charge in [0.25, 0.3) is 0 Å². The van der Waals surface area contributed by atoms with E-state index in [1.54, 1.807) is 0 Å². The smallest absolute Gasteiger partial charge is 0.326 e. The minimum absolute atomic E-state index is 0.102. The summed E-state index contributed by atoms with van der Waals surface area (Å²) in [5.74, 6) is -10.1. The Labute approximate surface area is 331 Å². The molecule has 0 saturated heterocycles. The first-order chi connectivity index (χ1) is 26.9. The van der Waals surface area contributed by atoms with Gasteiger partial charge in [-0.1, -0.05) is 64.2 Å². The van der Waals surface area contributed by atoms with Crippen LogP contribution < -0.4 is 27.0 Å². The van der Waals surface area contributed by atoms with Crippen LogP contribution in [-0.2, 0) is 47.9 Å². The van der Waals surface area contributed by atoms with Crippen LogP contribution in [0.15, 0.2) is 0 Å². The maximum Gasteiger partial charge on any atom is 0.326 e. The summed E-state index contributed by atoms with van der Waals surface area (Å²) in [6.07, 6.45) is 8.30. The topological polar surface area (TPSA) is 346 Å². The standard InChI is InChI=1S/C37H61N5O15/c38-28(43)19-16-25(35(52)53)41-31(46)20-15-24(23-34(50)51)39-30(45)21-17-27(37(56)57)42-32(47)22-18-26(36(54)55)40-29(44)13-11-9-7-5-3-1-2-4-6-8-10-12-14-33(48)49/h24-27H,1-23H2,(H2,38,43)(H,39,45)(H,40,44)(H,41,46)(H,42,47)(H,48,49)(H,50,51)(H,52,53)(H,54,55)(H,56,57)/t24-,25-,26-,27-/m0/s1. The number of nitrogens with one attached hydrogen (secondary N) is 4. The highest BCUT2D eigenvalue weighted by atomic mass is 16.4. The number of amides is 5. The molecule has 324 valence electrons. The van der Waals surface area contributed by atoms with Crippen molar-refractivity contribution in [1.82, 2.24) is 21.3 Å². The van der Waals surface area contributed by atoms with Crippen molar-refractivity contribution in [3.8, 4) is 0 Å². The van der Waals surface area contributed by atoms with Crippen molar-refractivity contribution in [2.24, 2.45) is 5.73 Å². The van der Waals surface area contributed by atoms with Crippen molar-refractivity contribution in [3.05, 3.63) is 0 Å². The predicted octanol–water partition coefficient (Wildman–Crippen LogP) is 1.81. The van der Waals surface area contributed by atoms with Gasteiger partial charge >= 0.3 is 29.8 Å². The van der Waals surface area contributed by atoms with Gasteiger partial charge in [-0.2, -0.15) is 0 Å². The lowest BCUT2D eigenvalue weighted by Crippen LogP contribution is -2.44. The summed E-state index contributed by atoms with van der Waals surface area (Å²) in [4.78, 5) is 117.